The van der Waals surface area contributed by atoms with Crippen molar-refractivity contribution in [3.8, 4) is 0 Å². The van der Waals surface area contributed by atoms with Gasteiger partial charge in [-0.15, -0.1) is 11.6 Å². The molecule has 0 fully saturated rings. The number of rotatable bonds is 16. The molecule has 0 bridgehead atoms. The number of hydrogen-bond donors (Lipinski definition) is 1. The Hall–Kier alpha value is -0.240. The molecule has 0 aromatic heterocycles. The average Bonchev–Trinajstić information content (AvgIpc) is 2.44. The third-order valence-corrected chi connectivity index (χ3v) is 4.45. The molecule has 2 nitrogen and oxygen atoms in total. The van der Waals surface area contributed by atoms with Crippen LogP contribution in [0.25, 0.3) is 0 Å². The molecule has 21 heavy (non-hydrogen) atoms. The van der Waals surface area contributed by atoms with E-state index in [1.54, 1.807) is 0 Å². The van der Waals surface area contributed by atoms with Gasteiger partial charge in [0.2, 0.25) is 0 Å². The number of carbonyl (C=O) groups is 1. The van der Waals surface area contributed by atoms with Crippen LogP contribution in [0.15, 0.2) is 0 Å². The molecule has 0 aliphatic heterocycles. The highest BCUT2D eigenvalue weighted by molar-refractivity contribution is 6.20. The van der Waals surface area contributed by atoms with Gasteiger partial charge in [-0.05, 0) is 19.3 Å². The molecule has 0 radical (unpaired) electrons. The molecule has 0 spiro atoms. The third kappa shape index (κ3) is 17.7. The fraction of sp³-hybridized carbons (Fsp3) is 0.944. The van der Waals surface area contributed by atoms with Gasteiger partial charge >= 0.3 is 5.97 Å². The second-order valence-electron chi connectivity index (χ2n) is 6.21. The molecule has 0 aromatic carbocycles. The molecule has 0 amide bonds. The van der Waals surface area contributed by atoms with Crippen LogP contribution in [0.1, 0.15) is 103 Å². The van der Waals surface area contributed by atoms with Crippen molar-refractivity contribution in [1.82, 2.24) is 0 Å². The van der Waals surface area contributed by atoms with Gasteiger partial charge in [0.25, 0.3) is 0 Å². The average molecular weight is 319 g/mol. The van der Waals surface area contributed by atoms with Crippen molar-refractivity contribution in [2.75, 3.05) is 0 Å². The molecule has 0 rings (SSSR count). The Labute approximate surface area is 136 Å². The fourth-order valence-corrected chi connectivity index (χ4v) is 3.06. The lowest BCUT2D eigenvalue weighted by Crippen LogP contribution is -1.97. The van der Waals surface area contributed by atoms with Gasteiger partial charge in [-0.2, -0.15) is 0 Å². The summed E-state index contributed by atoms with van der Waals surface area (Å²) < 4.78 is 0. The van der Waals surface area contributed by atoms with Gasteiger partial charge in [-0.3, -0.25) is 4.79 Å². The van der Waals surface area contributed by atoms with Crippen molar-refractivity contribution in [3.05, 3.63) is 0 Å². The number of aliphatic carboxylic acids is 1. The van der Waals surface area contributed by atoms with Crippen molar-refractivity contribution < 1.29 is 9.90 Å². The highest BCUT2D eigenvalue weighted by atomic mass is 35.5. The van der Waals surface area contributed by atoms with Crippen LogP contribution in [0.4, 0.5) is 0 Å². The number of unbranched alkanes of at least 4 members (excludes halogenated alkanes) is 10. The van der Waals surface area contributed by atoms with E-state index in [0.29, 0.717) is 11.8 Å². The molecule has 0 aliphatic rings. The van der Waals surface area contributed by atoms with Crippen LogP contribution >= 0.6 is 11.6 Å². The Morgan fingerprint density at radius 2 is 1.24 bits per heavy atom. The first-order valence-electron chi connectivity index (χ1n) is 9.02. The van der Waals surface area contributed by atoms with E-state index in [1.807, 2.05) is 0 Å². The fourth-order valence-electron chi connectivity index (χ4n) is 2.69. The molecule has 3 heteroatoms. The molecule has 0 saturated carbocycles. The number of hydrogen-bond acceptors (Lipinski definition) is 1. The van der Waals surface area contributed by atoms with Crippen molar-refractivity contribution in [3.63, 3.8) is 0 Å². The van der Waals surface area contributed by atoms with E-state index in [4.69, 9.17) is 16.7 Å². The lowest BCUT2D eigenvalue weighted by atomic mass is 10.0. The van der Waals surface area contributed by atoms with Crippen LogP contribution in [-0.4, -0.2) is 16.5 Å². The Bertz CT molecular complexity index is 231. The molecule has 0 aliphatic carbocycles. The Morgan fingerprint density at radius 3 is 1.67 bits per heavy atom. The summed E-state index contributed by atoms with van der Waals surface area (Å²) in [6, 6.07) is 0. The van der Waals surface area contributed by atoms with E-state index in [1.165, 1.54) is 70.6 Å². The van der Waals surface area contributed by atoms with Gasteiger partial charge in [-0.25, -0.2) is 0 Å². The van der Waals surface area contributed by atoms with Crippen molar-refractivity contribution in [2.45, 2.75) is 109 Å². The van der Waals surface area contributed by atoms with Crippen molar-refractivity contribution >= 4 is 17.6 Å². The minimum atomic E-state index is -0.662. The lowest BCUT2D eigenvalue weighted by molar-refractivity contribution is -0.137. The molecule has 1 atom stereocenters. The summed E-state index contributed by atoms with van der Waals surface area (Å²) in [5, 5.41) is 8.92. The number of alkyl halides is 1. The maximum absolute atomic E-state index is 10.3. The highest BCUT2D eigenvalue weighted by Gasteiger charge is 2.02. The molecule has 0 heterocycles. The first-order chi connectivity index (χ1) is 10.2. The number of halogens is 1. The summed E-state index contributed by atoms with van der Waals surface area (Å²) >= 11 is 6.20. The van der Waals surface area contributed by atoms with Crippen LogP contribution in [0.2, 0.25) is 0 Å². The summed E-state index contributed by atoms with van der Waals surface area (Å²) in [5.41, 5.74) is 0. The zero-order valence-electron chi connectivity index (χ0n) is 13.9. The molecule has 0 saturated heterocycles. The summed E-state index contributed by atoms with van der Waals surface area (Å²) in [7, 11) is 0. The summed E-state index contributed by atoms with van der Waals surface area (Å²) in [6.45, 7) is 2.20. The summed E-state index contributed by atoms with van der Waals surface area (Å²) in [6.07, 6.45) is 17.6. The molecule has 126 valence electrons. The van der Waals surface area contributed by atoms with Crippen LogP contribution < -0.4 is 0 Å². The van der Waals surface area contributed by atoms with Crippen molar-refractivity contribution in [1.29, 1.82) is 0 Å². The molecule has 1 N–H and O–H groups in total. The van der Waals surface area contributed by atoms with E-state index < -0.39 is 5.97 Å². The van der Waals surface area contributed by atoms with E-state index in [9.17, 15) is 4.79 Å². The minimum Gasteiger partial charge on any atom is -0.481 e. The molecule has 1 unspecified atom stereocenters. The SMILES string of the molecule is CCCC(Cl)CCCCCCCCCCCCCC(=O)O. The predicted octanol–water partition coefficient (Wildman–Crippen LogP) is 6.55. The number of carboxylic acid groups (broad SMARTS) is 1. The molecular formula is C18H35ClO2. The Balaban J connectivity index is 3.04. The smallest absolute Gasteiger partial charge is 0.303 e. The monoisotopic (exact) mass is 318 g/mol. The number of carboxylic acids is 1. The Morgan fingerprint density at radius 1 is 0.810 bits per heavy atom. The summed E-state index contributed by atoms with van der Waals surface area (Å²) in [5.74, 6) is -0.662. The highest BCUT2D eigenvalue weighted by Crippen LogP contribution is 2.16. The Kier molecular flexibility index (Phi) is 16.0. The lowest BCUT2D eigenvalue weighted by Gasteiger charge is -2.07. The second kappa shape index (κ2) is 16.1. The minimum absolute atomic E-state index is 0.335. The zero-order valence-corrected chi connectivity index (χ0v) is 14.7. The topological polar surface area (TPSA) is 37.3 Å². The quantitative estimate of drug-likeness (QED) is 0.259. The summed E-state index contributed by atoms with van der Waals surface area (Å²) in [4.78, 5) is 10.3. The second-order valence-corrected chi connectivity index (χ2v) is 6.82. The first kappa shape index (κ1) is 20.8. The molecule has 0 aromatic rings. The van der Waals surface area contributed by atoms with Crippen LogP contribution in [0.5, 0.6) is 0 Å². The maximum Gasteiger partial charge on any atom is 0.303 e. The van der Waals surface area contributed by atoms with Gasteiger partial charge in [0.15, 0.2) is 0 Å². The zero-order chi connectivity index (χ0) is 15.8. The first-order valence-corrected chi connectivity index (χ1v) is 9.46. The van der Waals surface area contributed by atoms with E-state index >= 15 is 0 Å². The van der Waals surface area contributed by atoms with Crippen LogP contribution in [0, 0.1) is 0 Å². The van der Waals surface area contributed by atoms with Gasteiger partial charge in [0, 0.05) is 11.8 Å². The largest absolute Gasteiger partial charge is 0.481 e. The van der Waals surface area contributed by atoms with Crippen molar-refractivity contribution in [2.24, 2.45) is 0 Å². The van der Waals surface area contributed by atoms with Crippen LogP contribution in [0.3, 0.4) is 0 Å². The predicted molar refractivity (Wildman–Crippen MR) is 92.2 cm³/mol. The van der Waals surface area contributed by atoms with Gasteiger partial charge in [0.05, 0.1) is 0 Å². The van der Waals surface area contributed by atoms with Gasteiger partial charge in [-0.1, -0.05) is 77.6 Å². The van der Waals surface area contributed by atoms with Crippen LogP contribution in [-0.2, 0) is 4.79 Å². The third-order valence-electron chi connectivity index (χ3n) is 4.01. The molecular weight excluding hydrogens is 284 g/mol. The standard InChI is InChI=1S/C18H35ClO2/c1-2-14-17(19)15-12-10-8-6-4-3-5-7-9-11-13-16-18(20)21/h17H,2-16H2,1H3,(H,20,21). The normalized spacial score (nSPS) is 12.5. The maximum atomic E-state index is 10.3. The van der Waals surface area contributed by atoms with E-state index in [-0.39, 0.29) is 0 Å². The van der Waals surface area contributed by atoms with E-state index in [0.717, 1.165) is 19.3 Å². The van der Waals surface area contributed by atoms with Gasteiger partial charge < -0.3 is 5.11 Å². The van der Waals surface area contributed by atoms with E-state index in [2.05, 4.69) is 6.92 Å². The van der Waals surface area contributed by atoms with Gasteiger partial charge in [0.1, 0.15) is 0 Å².